The lowest BCUT2D eigenvalue weighted by Gasteiger charge is -2.24. The molecule has 1 aliphatic heterocycles. The Labute approximate surface area is 255 Å². The number of phenolic OH excluding ortho intramolecular Hbond substituents is 5. The number of ether oxygens (including phenoxy) is 1. The molecule has 0 atom stereocenters. The van der Waals surface area contributed by atoms with E-state index in [0.717, 1.165) is 0 Å². The van der Waals surface area contributed by atoms with E-state index in [1.165, 1.54) is 6.07 Å². The first kappa shape index (κ1) is 30.9. The average molecular weight is 602 g/mol. The van der Waals surface area contributed by atoms with E-state index in [4.69, 9.17) is 4.74 Å². The van der Waals surface area contributed by atoms with Crippen molar-refractivity contribution in [2.75, 3.05) is 13.1 Å². The van der Waals surface area contributed by atoms with Crippen LogP contribution in [0.3, 0.4) is 0 Å². The van der Waals surface area contributed by atoms with E-state index < -0.39 is 17.5 Å². The summed E-state index contributed by atoms with van der Waals surface area (Å²) in [5.41, 5.74) is 2.27. The van der Waals surface area contributed by atoms with Gasteiger partial charge in [-0.2, -0.15) is 0 Å². The van der Waals surface area contributed by atoms with Crippen LogP contribution in [0, 0.1) is 19.8 Å². The zero-order valence-electron chi connectivity index (χ0n) is 25.8. The molecule has 1 saturated heterocycles. The fourth-order valence-electron chi connectivity index (χ4n) is 6.67. The van der Waals surface area contributed by atoms with E-state index in [2.05, 4.69) is 5.32 Å². The Hall–Kier alpha value is -4.50. The Morgan fingerprint density at radius 3 is 1.89 bits per heavy atom. The summed E-state index contributed by atoms with van der Waals surface area (Å²) in [7, 11) is 0. The summed E-state index contributed by atoms with van der Waals surface area (Å²) in [6.07, 6.45) is 1.62. The number of carbonyl (C=O) groups excluding carboxylic acids is 2. The second-order valence-corrected chi connectivity index (χ2v) is 12.4. The zero-order valence-corrected chi connectivity index (χ0v) is 25.8. The van der Waals surface area contributed by atoms with Crippen molar-refractivity contribution in [2.24, 2.45) is 5.92 Å². The molecule has 5 rings (SSSR count). The second kappa shape index (κ2) is 11.5. The van der Waals surface area contributed by atoms with Crippen LogP contribution in [0.15, 0.2) is 18.2 Å². The molecular weight excluding hydrogens is 562 g/mol. The van der Waals surface area contributed by atoms with Gasteiger partial charge in [0.25, 0.3) is 0 Å². The standard InChI is InChI=1S/C35H39NO8/c1-15(2)25-20-11-17(5)27(30(38)21(20)13-24(32(25)40)44-35(43)19-7-9-36-10-8-19)28-18(6)12-22-26(16(3)4)34(42)31(39)23(14-37)29(22)33(28)41/h11-16,19,36,38-42H,7-10H2,1-6H3. The molecule has 4 aromatic rings. The SMILES string of the molecule is Cc1cc2c(C(C)C)c(O)c(OC(=O)C3CCNCC3)cc2c(O)c1-c1c(C)cc2c(C(C)C)c(O)c(O)c(C=O)c2c1O. The van der Waals surface area contributed by atoms with Gasteiger partial charge in [-0.05, 0) is 79.6 Å². The molecule has 0 saturated carbocycles. The molecule has 1 heterocycles. The first-order valence-electron chi connectivity index (χ1n) is 14.9. The Morgan fingerprint density at radius 2 is 1.32 bits per heavy atom. The number of piperidine rings is 1. The number of esters is 1. The topological polar surface area (TPSA) is 157 Å². The van der Waals surface area contributed by atoms with Crippen LogP contribution in [0.2, 0.25) is 0 Å². The van der Waals surface area contributed by atoms with Gasteiger partial charge in [0.1, 0.15) is 11.5 Å². The molecule has 6 N–H and O–H groups in total. The lowest BCUT2D eigenvalue weighted by atomic mass is 9.84. The predicted octanol–water partition coefficient (Wildman–Crippen LogP) is 6.77. The van der Waals surface area contributed by atoms with Crippen LogP contribution < -0.4 is 10.1 Å². The number of hydrogen-bond donors (Lipinski definition) is 6. The number of aldehydes is 1. The molecule has 44 heavy (non-hydrogen) atoms. The largest absolute Gasteiger partial charge is 0.507 e. The Kier molecular flexibility index (Phi) is 8.11. The van der Waals surface area contributed by atoms with E-state index in [9.17, 15) is 35.1 Å². The molecule has 0 spiro atoms. The van der Waals surface area contributed by atoms with Gasteiger partial charge in [0.05, 0.1) is 11.5 Å². The molecule has 1 aliphatic rings. The molecule has 4 aromatic carbocycles. The van der Waals surface area contributed by atoms with Gasteiger partial charge >= 0.3 is 5.97 Å². The van der Waals surface area contributed by atoms with Gasteiger partial charge in [0.2, 0.25) is 0 Å². The third-order valence-electron chi connectivity index (χ3n) is 8.79. The monoisotopic (exact) mass is 601 g/mol. The van der Waals surface area contributed by atoms with Gasteiger partial charge < -0.3 is 35.6 Å². The van der Waals surface area contributed by atoms with Crippen LogP contribution >= 0.6 is 0 Å². The van der Waals surface area contributed by atoms with Gasteiger partial charge in [-0.1, -0.05) is 39.8 Å². The van der Waals surface area contributed by atoms with E-state index in [1.54, 1.807) is 26.0 Å². The highest BCUT2D eigenvalue weighted by Gasteiger charge is 2.30. The first-order chi connectivity index (χ1) is 20.8. The number of nitrogens with one attached hydrogen (secondary N) is 1. The predicted molar refractivity (Wildman–Crippen MR) is 169 cm³/mol. The molecule has 0 amide bonds. The molecule has 0 aromatic heterocycles. The fraction of sp³-hybridized carbons (Fsp3) is 0.371. The lowest BCUT2D eigenvalue weighted by Crippen LogP contribution is -2.33. The third kappa shape index (κ3) is 4.85. The summed E-state index contributed by atoms with van der Waals surface area (Å²) < 4.78 is 5.74. The molecule has 232 valence electrons. The highest BCUT2D eigenvalue weighted by molar-refractivity contribution is 6.12. The van der Waals surface area contributed by atoms with Crippen LogP contribution in [0.4, 0.5) is 0 Å². The summed E-state index contributed by atoms with van der Waals surface area (Å²) in [4.78, 5) is 25.2. The van der Waals surface area contributed by atoms with Gasteiger partial charge in [0, 0.05) is 33.0 Å². The van der Waals surface area contributed by atoms with Crippen molar-refractivity contribution >= 4 is 33.8 Å². The Morgan fingerprint density at radius 1 is 0.773 bits per heavy atom. The number of carbonyl (C=O) groups is 2. The molecule has 0 unspecified atom stereocenters. The van der Waals surface area contributed by atoms with Crippen LogP contribution in [0.25, 0.3) is 32.7 Å². The van der Waals surface area contributed by atoms with E-state index in [1.807, 2.05) is 27.7 Å². The zero-order chi connectivity index (χ0) is 32.2. The van der Waals surface area contributed by atoms with Crippen LogP contribution in [-0.4, -0.2) is 50.9 Å². The molecule has 0 bridgehead atoms. The summed E-state index contributed by atoms with van der Waals surface area (Å²) in [5.74, 6) is -3.03. The van der Waals surface area contributed by atoms with Gasteiger partial charge in [0.15, 0.2) is 29.3 Å². The lowest BCUT2D eigenvalue weighted by molar-refractivity contribution is -0.139. The van der Waals surface area contributed by atoms with Crippen molar-refractivity contribution in [1.29, 1.82) is 0 Å². The number of rotatable bonds is 6. The van der Waals surface area contributed by atoms with Gasteiger partial charge in [-0.3, -0.25) is 9.59 Å². The number of benzene rings is 4. The minimum atomic E-state index is -0.627. The minimum absolute atomic E-state index is 0.0560. The van der Waals surface area contributed by atoms with Crippen molar-refractivity contribution in [3.63, 3.8) is 0 Å². The first-order valence-corrected chi connectivity index (χ1v) is 14.9. The van der Waals surface area contributed by atoms with Crippen molar-refractivity contribution in [3.8, 4) is 45.6 Å². The van der Waals surface area contributed by atoms with E-state index in [-0.39, 0.29) is 62.8 Å². The van der Waals surface area contributed by atoms with Crippen molar-refractivity contribution < 1.29 is 39.9 Å². The number of aryl methyl sites for hydroxylation is 2. The number of fused-ring (bicyclic) bond motifs is 2. The van der Waals surface area contributed by atoms with E-state index in [0.29, 0.717) is 70.6 Å². The number of hydrogen-bond acceptors (Lipinski definition) is 9. The fourth-order valence-corrected chi connectivity index (χ4v) is 6.67. The van der Waals surface area contributed by atoms with Crippen molar-refractivity contribution in [1.82, 2.24) is 5.32 Å². The maximum Gasteiger partial charge on any atom is 0.314 e. The smallest absolute Gasteiger partial charge is 0.314 e. The summed E-state index contributed by atoms with van der Waals surface area (Å²) >= 11 is 0. The molecule has 0 aliphatic carbocycles. The molecule has 0 radical (unpaired) electrons. The highest BCUT2D eigenvalue weighted by atomic mass is 16.5. The van der Waals surface area contributed by atoms with Crippen molar-refractivity contribution in [3.05, 3.63) is 46.0 Å². The van der Waals surface area contributed by atoms with Crippen LogP contribution in [-0.2, 0) is 4.79 Å². The number of aromatic hydroxyl groups is 5. The molecule has 1 fully saturated rings. The minimum Gasteiger partial charge on any atom is -0.507 e. The Bertz CT molecular complexity index is 1830. The van der Waals surface area contributed by atoms with Crippen molar-refractivity contribution in [2.45, 2.75) is 66.2 Å². The normalized spacial score (nSPS) is 14.2. The van der Waals surface area contributed by atoms with Crippen LogP contribution in [0.1, 0.15) is 85.0 Å². The van der Waals surface area contributed by atoms with Gasteiger partial charge in [-0.15, -0.1) is 0 Å². The Balaban J connectivity index is 1.81. The summed E-state index contributed by atoms with van der Waals surface area (Å²) in [6.45, 7) is 12.3. The molecular formula is C35H39NO8. The quantitative estimate of drug-likeness (QED) is 0.0607. The second-order valence-electron chi connectivity index (χ2n) is 12.4. The summed E-state index contributed by atoms with van der Waals surface area (Å²) in [5, 5.41) is 60.9. The van der Waals surface area contributed by atoms with E-state index >= 15 is 0 Å². The average Bonchev–Trinajstić information content (AvgIpc) is 2.96. The third-order valence-corrected chi connectivity index (χ3v) is 8.79. The summed E-state index contributed by atoms with van der Waals surface area (Å²) in [6, 6.07) is 4.96. The molecule has 9 heteroatoms. The maximum atomic E-state index is 13.0. The molecule has 9 nitrogen and oxygen atoms in total. The van der Waals surface area contributed by atoms with Crippen LogP contribution in [0.5, 0.6) is 34.5 Å². The number of phenols is 5. The highest BCUT2D eigenvalue weighted by Crippen LogP contribution is 2.53. The maximum absolute atomic E-state index is 13.0. The van der Waals surface area contributed by atoms with Gasteiger partial charge in [-0.25, -0.2) is 0 Å².